The topological polar surface area (TPSA) is 37.3 Å². The van der Waals surface area contributed by atoms with Gasteiger partial charge in [0.1, 0.15) is 5.82 Å². The van der Waals surface area contributed by atoms with E-state index in [1.54, 1.807) is 12.2 Å². The first-order valence-electron chi connectivity index (χ1n) is 4.30. The van der Waals surface area contributed by atoms with Crippen molar-refractivity contribution in [3.8, 4) is 0 Å². The van der Waals surface area contributed by atoms with Crippen molar-refractivity contribution in [1.82, 2.24) is 0 Å². The number of rotatable bonds is 4. The van der Waals surface area contributed by atoms with Gasteiger partial charge in [0, 0.05) is 12.2 Å². The van der Waals surface area contributed by atoms with E-state index in [4.69, 9.17) is 5.11 Å². The molecule has 0 aliphatic heterocycles. The van der Waals surface area contributed by atoms with Crippen molar-refractivity contribution in [1.29, 1.82) is 0 Å². The lowest BCUT2D eigenvalue weighted by molar-refractivity contribution is 0.112. The summed E-state index contributed by atoms with van der Waals surface area (Å²) in [5.74, 6) is -0.425. The van der Waals surface area contributed by atoms with E-state index in [0.717, 1.165) is 0 Å². The van der Waals surface area contributed by atoms with Gasteiger partial charge < -0.3 is 5.11 Å². The zero-order valence-electron chi connectivity index (χ0n) is 7.61. The van der Waals surface area contributed by atoms with Crippen LogP contribution in [0.4, 0.5) is 4.39 Å². The van der Waals surface area contributed by atoms with Crippen LogP contribution in [-0.2, 0) is 0 Å². The summed E-state index contributed by atoms with van der Waals surface area (Å²) in [5.41, 5.74) is 0.981. The molecule has 3 heteroatoms. The van der Waals surface area contributed by atoms with Crippen molar-refractivity contribution in [2.24, 2.45) is 0 Å². The minimum Gasteiger partial charge on any atom is -0.396 e. The highest BCUT2D eigenvalue weighted by Gasteiger charge is 1.99. The highest BCUT2D eigenvalue weighted by atomic mass is 19.1. The van der Waals surface area contributed by atoms with Crippen molar-refractivity contribution < 1.29 is 14.3 Å². The fourth-order valence-corrected chi connectivity index (χ4v) is 1.08. The molecule has 0 atom stereocenters. The molecule has 2 nitrogen and oxygen atoms in total. The Hall–Kier alpha value is -1.48. The molecule has 14 heavy (non-hydrogen) atoms. The third-order valence-corrected chi connectivity index (χ3v) is 1.77. The maximum absolute atomic E-state index is 12.7. The molecule has 0 saturated carbocycles. The Morgan fingerprint density at radius 3 is 2.79 bits per heavy atom. The van der Waals surface area contributed by atoms with E-state index in [1.165, 1.54) is 18.2 Å². The van der Waals surface area contributed by atoms with Gasteiger partial charge in [0.25, 0.3) is 0 Å². The minimum atomic E-state index is -0.425. The van der Waals surface area contributed by atoms with Gasteiger partial charge in [0.05, 0.1) is 0 Å². The molecule has 0 aliphatic rings. The van der Waals surface area contributed by atoms with Crippen LogP contribution in [0.15, 0.2) is 24.3 Å². The summed E-state index contributed by atoms with van der Waals surface area (Å²) >= 11 is 0. The molecule has 0 radical (unpaired) electrons. The van der Waals surface area contributed by atoms with Gasteiger partial charge in [-0.1, -0.05) is 18.2 Å². The van der Waals surface area contributed by atoms with Crippen LogP contribution in [-0.4, -0.2) is 18.0 Å². The quantitative estimate of drug-likeness (QED) is 0.744. The second-order valence-electron chi connectivity index (χ2n) is 2.81. The number of hydrogen-bond donors (Lipinski definition) is 1. The Morgan fingerprint density at radius 2 is 2.14 bits per heavy atom. The molecule has 0 saturated heterocycles. The number of hydrogen-bond acceptors (Lipinski definition) is 2. The molecular weight excluding hydrogens is 183 g/mol. The second-order valence-corrected chi connectivity index (χ2v) is 2.81. The molecule has 0 aromatic heterocycles. The highest BCUT2D eigenvalue weighted by Crippen LogP contribution is 2.11. The molecule has 0 aliphatic carbocycles. The summed E-state index contributed by atoms with van der Waals surface area (Å²) < 4.78 is 12.7. The molecule has 0 bridgehead atoms. The fourth-order valence-electron chi connectivity index (χ4n) is 1.08. The minimum absolute atomic E-state index is 0.0636. The molecule has 0 spiro atoms. The van der Waals surface area contributed by atoms with Crippen molar-refractivity contribution in [2.45, 2.75) is 6.42 Å². The molecule has 74 valence electrons. The summed E-state index contributed by atoms with van der Waals surface area (Å²) in [4.78, 5) is 10.6. The number of carbonyl (C=O) groups excluding carboxylic acids is 1. The fraction of sp³-hybridized carbons (Fsp3) is 0.182. The molecule has 1 N–H and O–H groups in total. The standard InChI is InChI=1S/C11H11FO2/c12-11-5-4-9(3-1-2-6-13)10(7-11)8-14/h1,3-5,7-8,13H,2,6H2. The third kappa shape index (κ3) is 2.78. The summed E-state index contributed by atoms with van der Waals surface area (Å²) in [7, 11) is 0. The molecule has 1 aromatic carbocycles. The second kappa shape index (κ2) is 5.29. The van der Waals surface area contributed by atoms with Gasteiger partial charge in [-0.05, 0) is 24.1 Å². The Balaban J connectivity index is 2.90. The summed E-state index contributed by atoms with van der Waals surface area (Å²) in [6.07, 6.45) is 4.57. The Bertz CT molecular complexity index is 345. The lowest BCUT2D eigenvalue weighted by Crippen LogP contribution is -1.88. The van der Waals surface area contributed by atoms with Crippen molar-refractivity contribution in [3.63, 3.8) is 0 Å². The van der Waals surface area contributed by atoms with E-state index in [9.17, 15) is 9.18 Å². The first-order valence-corrected chi connectivity index (χ1v) is 4.30. The van der Waals surface area contributed by atoms with E-state index in [-0.39, 0.29) is 6.61 Å². The summed E-state index contributed by atoms with van der Waals surface area (Å²) in [6, 6.07) is 4.02. The molecule has 0 amide bonds. The smallest absolute Gasteiger partial charge is 0.150 e. The van der Waals surface area contributed by atoms with Gasteiger partial charge in [-0.2, -0.15) is 0 Å². The predicted molar refractivity (Wildman–Crippen MR) is 52.5 cm³/mol. The first kappa shape index (κ1) is 10.6. The Labute approximate surface area is 81.7 Å². The summed E-state index contributed by atoms with van der Waals surface area (Å²) in [6.45, 7) is 0.0636. The van der Waals surface area contributed by atoms with Crippen LogP contribution in [0.1, 0.15) is 22.3 Å². The Morgan fingerprint density at radius 1 is 1.36 bits per heavy atom. The number of halogens is 1. The van der Waals surface area contributed by atoms with E-state index in [1.807, 2.05) is 0 Å². The average molecular weight is 194 g/mol. The van der Waals surface area contributed by atoms with Gasteiger partial charge >= 0.3 is 0 Å². The molecule has 1 rings (SSSR count). The molecule has 0 heterocycles. The van der Waals surface area contributed by atoms with Crippen molar-refractivity contribution in [3.05, 3.63) is 41.2 Å². The molecule has 0 unspecified atom stereocenters. The van der Waals surface area contributed by atoms with Crippen LogP contribution in [0.2, 0.25) is 0 Å². The normalized spacial score (nSPS) is 10.7. The number of aldehydes is 1. The van der Waals surface area contributed by atoms with Gasteiger partial charge in [-0.25, -0.2) is 4.39 Å². The van der Waals surface area contributed by atoms with E-state index >= 15 is 0 Å². The SMILES string of the molecule is O=Cc1cc(F)ccc1C=CCCO. The predicted octanol–water partition coefficient (Wildman–Crippen LogP) is 2.03. The lowest BCUT2D eigenvalue weighted by Gasteiger charge is -1.98. The van der Waals surface area contributed by atoms with Crippen LogP contribution >= 0.6 is 0 Å². The highest BCUT2D eigenvalue weighted by molar-refractivity contribution is 5.81. The zero-order chi connectivity index (χ0) is 10.4. The molecule has 1 aromatic rings. The van der Waals surface area contributed by atoms with Gasteiger partial charge in [0.2, 0.25) is 0 Å². The lowest BCUT2D eigenvalue weighted by atomic mass is 10.1. The first-order chi connectivity index (χ1) is 6.77. The van der Waals surface area contributed by atoms with Crippen molar-refractivity contribution in [2.75, 3.05) is 6.61 Å². The largest absolute Gasteiger partial charge is 0.396 e. The van der Waals surface area contributed by atoms with Crippen LogP contribution in [0.5, 0.6) is 0 Å². The number of benzene rings is 1. The van der Waals surface area contributed by atoms with Crippen LogP contribution < -0.4 is 0 Å². The van der Waals surface area contributed by atoms with E-state index in [2.05, 4.69) is 0 Å². The third-order valence-electron chi connectivity index (χ3n) is 1.77. The van der Waals surface area contributed by atoms with E-state index < -0.39 is 5.82 Å². The maximum Gasteiger partial charge on any atom is 0.150 e. The van der Waals surface area contributed by atoms with Crippen LogP contribution in [0.25, 0.3) is 6.08 Å². The number of aliphatic hydroxyl groups excluding tert-OH is 1. The monoisotopic (exact) mass is 194 g/mol. The average Bonchev–Trinajstić information content (AvgIpc) is 2.20. The van der Waals surface area contributed by atoms with Gasteiger partial charge in [-0.15, -0.1) is 0 Å². The maximum atomic E-state index is 12.7. The van der Waals surface area contributed by atoms with Crippen LogP contribution in [0, 0.1) is 5.82 Å². The molecule has 0 fully saturated rings. The van der Waals surface area contributed by atoms with E-state index in [0.29, 0.717) is 23.8 Å². The van der Waals surface area contributed by atoms with Crippen molar-refractivity contribution >= 4 is 12.4 Å². The number of aliphatic hydroxyl groups is 1. The Kier molecular flexibility index (Phi) is 4.01. The van der Waals surface area contributed by atoms with Gasteiger partial charge in [-0.3, -0.25) is 4.79 Å². The zero-order valence-corrected chi connectivity index (χ0v) is 7.61. The number of carbonyl (C=O) groups is 1. The summed E-state index contributed by atoms with van der Waals surface area (Å²) in [5, 5.41) is 8.53. The van der Waals surface area contributed by atoms with Gasteiger partial charge in [0.15, 0.2) is 6.29 Å². The molecular formula is C11H11FO2. The van der Waals surface area contributed by atoms with Crippen LogP contribution in [0.3, 0.4) is 0 Å².